The summed E-state index contributed by atoms with van der Waals surface area (Å²) < 4.78 is 64.5. The van der Waals surface area contributed by atoms with Gasteiger partial charge in [0, 0.05) is 26.2 Å². The van der Waals surface area contributed by atoms with Crippen LogP contribution in [0.4, 0.5) is 0 Å². The van der Waals surface area contributed by atoms with Crippen LogP contribution in [0, 0.1) is 0 Å². The van der Waals surface area contributed by atoms with Gasteiger partial charge in [0.2, 0.25) is 19.7 Å². The number of carbonyl (C=O) groups is 2. The lowest BCUT2D eigenvalue weighted by atomic mass is 9.85. The first-order chi connectivity index (χ1) is 24.7. The van der Waals surface area contributed by atoms with Gasteiger partial charge in [-0.1, -0.05) is 38.1 Å². The van der Waals surface area contributed by atoms with E-state index in [2.05, 4.69) is 13.8 Å². The van der Waals surface area contributed by atoms with Gasteiger partial charge in [0.25, 0.3) is 0 Å². The second-order valence-corrected chi connectivity index (χ2v) is 15.9. The number of sulfone groups is 2. The summed E-state index contributed by atoms with van der Waals surface area (Å²) in [5.41, 5.74) is 1.86. The number of hydrogen-bond donors (Lipinski definition) is 0. The predicted octanol–water partition coefficient (Wildman–Crippen LogP) is 7.53. The van der Waals surface area contributed by atoms with Crippen LogP contribution in [0.2, 0.25) is 0 Å². The van der Waals surface area contributed by atoms with E-state index in [1.165, 1.54) is 36.4 Å². The lowest BCUT2D eigenvalue weighted by Gasteiger charge is -2.21. The molecule has 0 aliphatic rings. The van der Waals surface area contributed by atoms with Gasteiger partial charge in [-0.05, 0) is 138 Å². The fourth-order valence-electron chi connectivity index (χ4n) is 5.56. The van der Waals surface area contributed by atoms with E-state index in [9.17, 15) is 26.4 Å². The smallest absolute Gasteiger partial charge is 0.350 e. The van der Waals surface area contributed by atoms with Gasteiger partial charge in [-0.3, -0.25) is 0 Å². The minimum absolute atomic E-state index is 0.00808. The maximum Gasteiger partial charge on any atom is 0.350 e. The van der Waals surface area contributed by atoms with Crippen LogP contribution in [0.25, 0.3) is 0 Å². The van der Waals surface area contributed by atoms with Gasteiger partial charge in [-0.2, -0.15) is 0 Å². The Hall–Kier alpha value is -4.16. The van der Waals surface area contributed by atoms with Crippen LogP contribution in [0.15, 0.2) is 105 Å². The lowest BCUT2D eigenvalue weighted by molar-refractivity contribution is -0.138. The summed E-state index contributed by atoms with van der Waals surface area (Å²) >= 11 is 0. The number of hydrogen-bond acceptors (Lipinski definition) is 10. The van der Waals surface area contributed by atoms with Crippen molar-refractivity contribution in [1.82, 2.24) is 9.80 Å². The summed E-state index contributed by atoms with van der Waals surface area (Å²) in [6, 6.07) is 13.1. The molecule has 0 bridgehead atoms. The second-order valence-electron chi connectivity index (χ2n) is 12.0. The Kier molecular flexibility index (Phi) is 18.1. The first-order valence-electron chi connectivity index (χ1n) is 18.0. The van der Waals surface area contributed by atoms with Crippen LogP contribution in [0.3, 0.4) is 0 Å². The molecule has 12 heteroatoms. The van der Waals surface area contributed by atoms with Crippen LogP contribution in [-0.4, -0.2) is 78.0 Å². The molecule has 0 radical (unpaired) electrons. The van der Waals surface area contributed by atoms with Gasteiger partial charge < -0.3 is 19.3 Å². The number of esters is 2. The Balaban J connectivity index is 2.33. The third-order valence-corrected chi connectivity index (χ3v) is 12.3. The molecular weight excluding hydrogens is 701 g/mol. The van der Waals surface area contributed by atoms with E-state index in [0.29, 0.717) is 6.42 Å². The zero-order chi connectivity index (χ0) is 38.9. The zero-order valence-electron chi connectivity index (χ0n) is 31.9. The SMILES string of the molecule is CCOC(=O)/C(=C/C=C/N(CC)CC)S(=O)(=O)c1ccc(C(C)CC(CC)c2ccc(S(=O)(=O)/C(=C\C=C\N(CC)CC)C(=O)OCC)cc2)cc1. The van der Waals surface area contributed by atoms with E-state index >= 15 is 0 Å². The summed E-state index contributed by atoms with van der Waals surface area (Å²) in [5.74, 6) is -1.72. The molecule has 0 fully saturated rings. The third-order valence-electron chi connectivity index (χ3n) is 8.80. The highest BCUT2D eigenvalue weighted by Gasteiger charge is 2.29. The van der Waals surface area contributed by atoms with Gasteiger partial charge in [-0.15, -0.1) is 0 Å². The van der Waals surface area contributed by atoms with Crippen LogP contribution < -0.4 is 0 Å². The van der Waals surface area contributed by atoms with E-state index in [-0.39, 0.29) is 34.8 Å². The quantitative estimate of drug-likeness (QED) is 0.0717. The fourth-order valence-corrected chi connectivity index (χ4v) is 8.13. The molecule has 286 valence electrons. The van der Waals surface area contributed by atoms with Crippen molar-refractivity contribution < 1.29 is 35.9 Å². The van der Waals surface area contributed by atoms with Crippen molar-refractivity contribution in [2.45, 2.75) is 89.9 Å². The topological polar surface area (TPSA) is 127 Å². The normalized spacial score (nSPS) is 14.0. The van der Waals surface area contributed by atoms with Crippen molar-refractivity contribution in [2.75, 3.05) is 39.4 Å². The zero-order valence-corrected chi connectivity index (χ0v) is 33.5. The van der Waals surface area contributed by atoms with E-state index < -0.39 is 41.4 Å². The number of benzene rings is 2. The Morgan fingerprint density at radius 1 is 0.615 bits per heavy atom. The summed E-state index contributed by atoms with van der Waals surface area (Å²) in [7, 11) is -8.32. The molecule has 2 aromatic carbocycles. The van der Waals surface area contributed by atoms with Gasteiger partial charge in [0.15, 0.2) is 9.81 Å². The standard InChI is InChI=1S/C40H56N2O8S2/c1-9-32(34-22-26-36(27-23-34)52(47,48)38(40(44)50-15-7)19-17-29-42(12-4)13-5)30-31(8)33-20-24-35(25-21-33)51(45,46)37(39(43)49-14-6)18-16-28-41(10-2)11-3/h16-29,31-32H,9-15,30H2,1-8H3/b28-16+,29-17+,37-18-,38-19-. The first kappa shape index (κ1) is 44.0. The number of ether oxygens (including phenoxy) is 2. The van der Waals surface area contributed by atoms with Crippen molar-refractivity contribution in [3.8, 4) is 0 Å². The van der Waals surface area contributed by atoms with E-state index in [4.69, 9.17) is 9.47 Å². The highest BCUT2D eigenvalue weighted by Crippen LogP contribution is 2.34. The molecule has 2 aromatic rings. The number of nitrogens with zero attached hydrogens (tertiary/aromatic N) is 2. The van der Waals surface area contributed by atoms with Gasteiger partial charge in [0.1, 0.15) is 0 Å². The Bertz CT molecular complexity index is 1790. The predicted molar refractivity (Wildman–Crippen MR) is 207 cm³/mol. The maximum absolute atomic E-state index is 13.6. The molecule has 0 spiro atoms. The fraction of sp³-hybridized carbons (Fsp3) is 0.450. The molecule has 0 amide bonds. The molecule has 0 saturated carbocycles. The van der Waals surface area contributed by atoms with Gasteiger partial charge >= 0.3 is 11.9 Å². The minimum atomic E-state index is -4.16. The molecule has 2 rings (SSSR count). The van der Waals surface area contributed by atoms with Gasteiger partial charge in [-0.25, -0.2) is 26.4 Å². The maximum atomic E-state index is 13.6. The molecule has 2 unspecified atom stereocenters. The van der Waals surface area contributed by atoms with Gasteiger partial charge in [0.05, 0.1) is 23.0 Å². The van der Waals surface area contributed by atoms with Crippen molar-refractivity contribution in [3.63, 3.8) is 0 Å². The largest absolute Gasteiger partial charge is 0.462 e. The van der Waals surface area contributed by atoms with Crippen molar-refractivity contribution in [2.24, 2.45) is 0 Å². The summed E-state index contributed by atoms with van der Waals surface area (Å²) in [4.78, 5) is 28.5. The van der Waals surface area contributed by atoms with Crippen molar-refractivity contribution in [1.29, 1.82) is 0 Å². The average Bonchev–Trinajstić information content (AvgIpc) is 3.14. The highest BCUT2D eigenvalue weighted by atomic mass is 32.2. The summed E-state index contributed by atoms with van der Waals surface area (Å²) in [5, 5.41) is 0. The summed E-state index contributed by atoms with van der Waals surface area (Å²) in [6.45, 7) is 18.3. The lowest BCUT2D eigenvalue weighted by Crippen LogP contribution is -2.17. The van der Waals surface area contributed by atoms with Crippen molar-refractivity contribution >= 4 is 31.6 Å². The molecular formula is C40H56N2O8S2. The van der Waals surface area contributed by atoms with Crippen LogP contribution in [0.5, 0.6) is 0 Å². The highest BCUT2D eigenvalue weighted by molar-refractivity contribution is 7.96. The molecule has 10 nitrogen and oxygen atoms in total. The third kappa shape index (κ3) is 11.9. The molecule has 0 heterocycles. The molecule has 0 aliphatic carbocycles. The molecule has 52 heavy (non-hydrogen) atoms. The van der Waals surface area contributed by atoms with E-state index in [1.807, 2.05) is 37.5 Å². The van der Waals surface area contributed by atoms with Crippen LogP contribution in [0.1, 0.15) is 91.2 Å². The minimum Gasteiger partial charge on any atom is -0.462 e. The Morgan fingerprint density at radius 2 is 0.981 bits per heavy atom. The number of allylic oxidation sites excluding steroid dienone is 4. The Morgan fingerprint density at radius 3 is 1.31 bits per heavy atom. The van der Waals surface area contributed by atoms with E-state index in [0.717, 1.165) is 43.7 Å². The monoisotopic (exact) mass is 756 g/mol. The van der Waals surface area contributed by atoms with Crippen LogP contribution >= 0.6 is 0 Å². The number of rotatable bonds is 21. The summed E-state index contributed by atoms with van der Waals surface area (Å²) in [6.07, 6.45) is 10.6. The van der Waals surface area contributed by atoms with Crippen LogP contribution in [-0.2, 0) is 38.7 Å². The molecule has 2 atom stereocenters. The molecule has 0 aliphatic heterocycles. The second kappa shape index (κ2) is 21.4. The number of carbonyl (C=O) groups excluding carboxylic acids is 2. The van der Waals surface area contributed by atoms with Crippen molar-refractivity contribution in [3.05, 3.63) is 106 Å². The molecule has 0 aromatic heterocycles. The molecule has 0 saturated heterocycles. The molecule has 0 N–H and O–H groups in total. The van der Waals surface area contributed by atoms with E-state index in [1.54, 1.807) is 62.7 Å². The average molecular weight is 757 g/mol. The first-order valence-corrected chi connectivity index (χ1v) is 21.0. The Labute approximate surface area is 311 Å².